The topological polar surface area (TPSA) is 62.6 Å². The molecule has 0 radical (unpaired) electrons. The number of thioether (sulfide) groups is 1. The summed E-state index contributed by atoms with van der Waals surface area (Å²) < 4.78 is 5.48. The molecule has 0 aliphatic carbocycles. The molecule has 0 spiro atoms. The maximum Gasteiger partial charge on any atom is 0.285 e. The number of carbonyl (C=O) groups excluding carboxylic acids is 2. The van der Waals surface area contributed by atoms with Crippen molar-refractivity contribution in [1.29, 1.82) is 0 Å². The van der Waals surface area contributed by atoms with Crippen LogP contribution in [-0.2, 0) is 9.59 Å². The summed E-state index contributed by atoms with van der Waals surface area (Å²) in [6.07, 6.45) is 7.01. The Morgan fingerprint density at radius 1 is 1.55 bits per heavy atom. The van der Waals surface area contributed by atoms with Crippen molar-refractivity contribution in [2.45, 2.75) is 20.3 Å². The number of nitrogens with zero attached hydrogens (tertiary/aromatic N) is 1. The molecule has 1 N–H and O–H groups in total. The van der Waals surface area contributed by atoms with E-state index < -0.39 is 0 Å². The van der Waals surface area contributed by atoms with E-state index in [0.717, 1.165) is 16.8 Å². The van der Waals surface area contributed by atoms with E-state index in [9.17, 15) is 9.59 Å². The number of thiocarbonyl (C=S) groups is 1. The average molecular weight is 336 g/mol. The second kappa shape index (κ2) is 7.42. The van der Waals surface area contributed by atoms with Gasteiger partial charge in [0.25, 0.3) is 5.91 Å². The van der Waals surface area contributed by atoms with E-state index in [-0.39, 0.29) is 17.7 Å². The highest BCUT2D eigenvalue weighted by molar-refractivity contribution is 8.26. The molecule has 2 amide bonds. The van der Waals surface area contributed by atoms with Crippen LogP contribution in [0, 0.1) is 5.92 Å². The van der Waals surface area contributed by atoms with Crippen LogP contribution < -0.4 is 5.43 Å². The molecule has 0 saturated carbocycles. The van der Waals surface area contributed by atoms with E-state index in [1.165, 1.54) is 0 Å². The minimum absolute atomic E-state index is 0.213. The van der Waals surface area contributed by atoms with Gasteiger partial charge in [0.15, 0.2) is 4.32 Å². The highest BCUT2D eigenvalue weighted by Crippen LogP contribution is 2.29. The van der Waals surface area contributed by atoms with Gasteiger partial charge in [0.05, 0.1) is 11.2 Å². The van der Waals surface area contributed by atoms with Crippen LogP contribution in [0.4, 0.5) is 0 Å². The Morgan fingerprint density at radius 3 is 2.95 bits per heavy atom. The van der Waals surface area contributed by atoms with Gasteiger partial charge in [-0.25, -0.2) is 0 Å². The second-order valence-corrected chi connectivity index (χ2v) is 6.72. The number of amides is 2. The third-order valence-corrected chi connectivity index (χ3v) is 4.00. The number of furan rings is 1. The first-order chi connectivity index (χ1) is 10.5. The molecule has 1 aliphatic heterocycles. The van der Waals surface area contributed by atoms with Crippen LogP contribution in [0.25, 0.3) is 6.08 Å². The Morgan fingerprint density at radius 2 is 2.32 bits per heavy atom. The van der Waals surface area contributed by atoms with Crippen molar-refractivity contribution < 1.29 is 14.0 Å². The van der Waals surface area contributed by atoms with E-state index in [4.69, 9.17) is 16.6 Å². The van der Waals surface area contributed by atoms with Crippen LogP contribution in [-0.4, -0.2) is 21.1 Å². The van der Waals surface area contributed by atoms with Crippen molar-refractivity contribution in [3.8, 4) is 0 Å². The predicted molar refractivity (Wildman–Crippen MR) is 90.5 cm³/mol. The summed E-state index contributed by atoms with van der Waals surface area (Å²) in [7, 11) is 0. The van der Waals surface area contributed by atoms with E-state index in [1.807, 2.05) is 19.9 Å². The lowest BCUT2D eigenvalue weighted by molar-refractivity contribution is -0.133. The molecule has 1 aliphatic rings. The van der Waals surface area contributed by atoms with Crippen LogP contribution in [0.3, 0.4) is 0 Å². The Kier molecular flexibility index (Phi) is 5.57. The van der Waals surface area contributed by atoms with Crippen LogP contribution in [0.1, 0.15) is 26.0 Å². The van der Waals surface area contributed by atoms with Gasteiger partial charge in [-0.05, 0) is 42.4 Å². The van der Waals surface area contributed by atoms with Crippen LogP contribution in [0.15, 0.2) is 39.9 Å². The van der Waals surface area contributed by atoms with Gasteiger partial charge in [0, 0.05) is 6.42 Å². The van der Waals surface area contributed by atoms with Gasteiger partial charge in [-0.15, -0.1) is 0 Å². The van der Waals surface area contributed by atoms with Gasteiger partial charge < -0.3 is 4.42 Å². The molecule has 2 heterocycles. The fraction of sp³-hybridized carbons (Fsp3) is 0.267. The Bertz CT molecular complexity index is 633. The van der Waals surface area contributed by atoms with Gasteiger partial charge in [0.2, 0.25) is 5.91 Å². The molecule has 116 valence electrons. The number of rotatable bonds is 5. The molecule has 0 atom stereocenters. The van der Waals surface area contributed by atoms with Gasteiger partial charge in [0.1, 0.15) is 5.76 Å². The summed E-state index contributed by atoms with van der Waals surface area (Å²) >= 11 is 6.28. The quantitative estimate of drug-likeness (QED) is 0.661. The normalized spacial score (nSPS) is 17.2. The number of carbonyl (C=O) groups is 2. The predicted octanol–water partition coefficient (Wildman–Crippen LogP) is 3.11. The maximum atomic E-state index is 12.2. The molecule has 1 saturated heterocycles. The highest BCUT2D eigenvalue weighted by Gasteiger charge is 2.33. The summed E-state index contributed by atoms with van der Waals surface area (Å²) in [5.41, 5.74) is 2.54. The largest absolute Gasteiger partial charge is 0.465 e. The summed E-state index contributed by atoms with van der Waals surface area (Å²) in [5, 5.41) is 1.12. The average Bonchev–Trinajstić information content (AvgIpc) is 3.02. The zero-order chi connectivity index (χ0) is 16.1. The molecule has 1 aromatic heterocycles. The van der Waals surface area contributed by atoms with Crippen molar-refractivity contribution in [3.05, 3.63) is 41.2 Å². The minimum atomic E-state index is -0.323. The summed E-state index contributed by atoms with van der Waals surface area (Å²) in [5.74, 6) is 0.358. The standard InChI is InChI=1S/C15H16N2O3S2/c1-10(2)9-13(18)16-17-14(19)12(22-15(17)21)7-3-5-11-6-4-8-20-11/h3-8,10H,9H2,1-2H3,(H,16,18)/b5-3+,12-7+. The molecule has 22 heavy (non-hydrogen) atoms. The van der Waals surface area contributed by atoms with Crippen LogP contribution in [0.2, 0.25) is 0 Å². The summed E-state index contributed by atoms with van der Waals surface area (Å²) in [6.45, 7) is 3.87. The van der Waals surface area contributed by atoms with Crippen molar-refractivity contribution in [2.75, 3.05) is 0 Å². The zero-order valence-corrected chi connectivity index (χ0v) is 13.9. The Balaban J connectivity index is 2.00. The number of hydrazine groups is 1. The van der Waals surface area contributed by atoms with E-state index in [2.05, 4.69) is 5.43 Å². The second-order valence-electron chi connectivity index (χ2n) is 5.05. The summed E-state index contributed by atoms with van der Waals surface area (Å²) in [6, 6.07) is 3.59. The third-order valence-electron chi connectivity index (χ3n) is 2.68. The molecular weight excluding hydrogens is 320 g/mol. The van der Waals surface area contributed by atoms with E-state index in [0.29, 0.717) is 21.4 Å². The van der Waals surface area contributed by atoms with E-state index in [1.54, 1.807) is 30.6 Å². The lowest BCUT2D eigenvalue weighted by Crippen LogP contribution is -2.45. The molecule has 0 bridgehead atoms. The molecule has 1 aromatic rings. The fourth-order valence-electron chi connectivity index (χ4n) is 1.74. The van der Waals surface area contributed by atoms with Gasteiger partial charge >= 0.3 is 0 Å². The molecular formula is C15H16N2O3S2. The van der Waals surface area contributed by atoms with Gasteiger partial charge in [-0.3, -0.25) is 15.0 Å². The smallest absolute Gasteiger partial charge is 0.285 e. The molecule has 2 rings (SSSR count). The Hall–Kier alpha value is -1.86. The molecule has 1 fully saturated rings. The SMILES string of the molecule is CC(C)CC(=O)NN1C(=O)/C(=C\C=C\c2ccco2)SC1=S. The lowest BCUT2D eigenvalue weighted by Gasteiger charge is -2.16. The maximum absolute atomic E-state index is 12.2. The van der Waals surface area contributed by atoms with Crippen molar-refractivity contribution in [3.63, 3.8) is 0 Å². The van der Waals surface area contributed by atoms with Crippen molar-refractivity contribution in [2.24, 2.45) is 5.92 Å². The third kappa shape index (κ3) is 4.32. The first-order valence-electron chi connectivity index (χ1n) is 6.75. The number of hydrogen-bond donors (Lipinski definition) is 1. The fourth-order valence-corrected chi connectivity index (χ4v) is 2.87. The van der Waals surface area contributed by atoms with Crippen molar-refractivity contribution in [1.82, 2.24) is 10.4 Å². The number of allylic oxidation sites excluding steroid dienone is 2. The molecule has 0 aromatic carbocycles. The van der Waals surface area contributed by atoms with E-state index >= 15 is 0 Å². The summed E-state index contributed by atoms with van der Waals surface area (Å²) in [4.78, 5) is 24.4. The highest BCUT2D eigenvalue weighted by atomic mass is 32.2. The van der Waals surface area contributed by atoms with Crippen molar-refractivity contribution >= 4 is 46.2 Å². The monoisotopic (exact) mass is 336 g/mol. The van der Waals surface area contributed by atoms with Gasteiger partial charge in [-0.1, -0.05) is 31.7 Å². The van der Waals surface area contributed by atoms with Crippen LogP contribution in [0.5, 0.6) is 0 Å². The number of nitrogens with one attached hydrogen (secondary N) is 1. The zero-order valence-electron chi connectivity index (χ0n) is 12.2. The molecule has 0 unspecified atom stereocenters. The first-order valence-corrected chi connectivity index (χ1v) is 7.97. The molecule has 5 nitrogen and oxygen atoms in total. The minimum Gasteiger partial charge on any atom is -0.465 e. The number of hydrogen-bond acceptors (Lipinski definition) is 5. The van der Waals surface area contributed by atoms with Gasteiger partial charge in [-0.2, -0.15) is 5.01 Å². The first kappa shape index (κ1) is 16.5. The van der Waals surface area contributed by atoms with Crippen LogP contribution >= 0.6 is 24.0 Å². The molecule has 7 heteroatoms. The lowest BCUT2D eigenvalue weighted by atomic mass is 10.1. The Labute approximate surface area is 138 Å².